The summed E-state index contributed by atoms with van der Waals surface area (Å²) in [6, 6.07) is 15.1. The molecule has 1 aliphatic rings. The number of fused-ring (bicyclic) bond motifs is 1. The van der Waals surface area contributed by atoms with Gasteiger partial charge in [-0.3, -0.25) is 9.59 Å². The topological polar surface area (TPSA) is 77.6 Å². The van der Waals surface area contributed by atoms with Crippen LogP contribution >= 0.6 is 0 Å². The van der Waals surface area contributed by atoms with Gasteiger partial charge in [0.2, 0.25) is 0 Å². The number of rotatable bonds is 4. The molecule has 1 N–H and O–H groups in total. The molecule has 0 saturated carbocycles. The molecule has 1 atom stereocenters. The van der Waals surface area contributed by atoms with Crippen molar-refractivity contribution in [1.29, 1.82) is 0 Å². The van der Waals surface area contributed by atoms with E-state index in [9.17, 15) is 9.59 Å². The van der Waals surface area contributed by atoms with Gasteiger partial charge in [0.25, 0.3) is 5.79 Å². The van der Waals surface area contributed by atoms with Crippen molar-refractivity contribution in [2.75, 3.05) is 7.11 Å². The Morgan fingerprint density at radius 3 is 2.32 bits per heavy atom. The molecule has 28 heavy (non-hydrogen) atoms. The molecule has 1 saturated heterocycles. The summed E-state index contributed by atoms with van der Waals surface area (Å²) >= 11 is 0. The normalized spacial score (nSPS) is 17.8. The number of hydrogen-bond acceptors (Lipinski definition) is 5. The van der Waals surface area contributed by atoms with Crippen LogP contribution in [0.2, 0.25) is 0 Å². The third-order valence-electron chi connectivity index (χ3n) is 4.96. The van der Waals surface area contributed by atoms with Crippen molar-refractivity contribution in [1.82, 2.24) is 4.98 Å². The number of carbonyl (C=O) groups excluding carboxylic acids is 2. The molecular weight excluding hydrogens is 358 g/mol. The highest BCUT2D eigenvalue weighted by Crippen LogP contribution is 2.43. The van der Waals surface area contributed by atoms with Crippen molar-refractivity contribution in [2.24, 2.45) is 5.92 Å². The number of carbonyl (C=O) groups is 2. The number of esters is 2. The first kappa shape index (κ1) is 18.1. The van der Waals surface area contributed by atoms with Gasteiger partial charge < -0.3 is 19.2 Å². The largest absolute Gasteiger partial charge is 0.496 e. The maximum absolute atomic E-state index is 12.9. The van der Waals surface area contributed by atoms with E-state index in [0.717, 1.165) is 16.5 Å². The lowest BCUT2D eigenvalue weighted by Crippen LogP contribution is -2.48. The van der Waals surface area contributed by atoms with Crippen LogP contribution in [0.5, 0.6) is 5.75 Å². The van der Waals surface area contributed by atoms with Crippen molar-refractivity contribution >= 4 is 22.8 Å². The summed E-state index contributed by atoms with van der Waals surface area (Å²) < 4.78 is 16.3. The number of aromatic amines is 1. The summed E-state index contributed by atoms with van der Waals surface area (Å²) in [5.41, 5.74) is 2.43. The van der Waals surface area contributed by atoms with Crippen molar-refractivity contribution in [3.63, 3.8) is 0 Å². The number of hydrogen-bond donors (Lipinski definition) is 1. The Hall–Kier alpha value is -3.28. The predicted molar refractivity (Wildman–Crippen MR) is 103 cm³/mol. The smallest absolute Gasteiger partial charge is 0.324 e. The van der Waals surface area contributed by atoms with Crippen LogP contribution in [0, 0.1) is 5.92 Å². The first-order valence-electron chi connectivity index (χ1n) is 9.06. The number of nitrogens with one attached hydrogen (secondary N) is 1. The fourth-order valence-electron chi connectivity index (χ4n) is 3.80. The summed E-state index contributed by atoms with van der Waals surface area (Å²) in [6.07, 6.45) is 1.82. The monoisotopic (exact) mass is 379 g/mol. The van der Waals surface area contributed by atoms with Gasteiger partial charge >= 0.3 is 11.9 Å². The van der Waals surface area contributed by atoms with E-state index in [1.54, 1.807) is 27.0 Å². The minimum absolute atomic E-state index is 0.586. The minimum atomic E-state index is -1.28. The van der Waals surface area contributed by atoms with Gasteiger partial charge in [0.1, 0.15) is 5.75 Å². The molecule has 0 amide bonds. The second-order valence-corrected chi connectivity index (χ2v) is 7.23. The Bertz CT molecular complexity index is 1030. The van der Waals surface area contributed by atoms with Gasteiger partial charge in [-0.1, -0.05) is 36.4 Å². The molecule has 1 aromatic heterocycles. The molecule has 0 radical (unpaired) electrons. The first-order chi connectivity index (χ1) is 13.4. The van der Waals surface area contributed by atoms with Crippen LogP contribution in [0.1, 0.15) is 30.9 Å². The average Bonchev–Trinajstić information content (AvgIpc) is 3.07. The Morgan fingerprint density at radius 2 is 1.61 bits per heavy atom. The van der Waals surface area contributed by atoms with Crippen molar-refractivity contribution < 1.29 is 23.8 Å². The molecule has 2 heterocycles. The molecule has 2 aromatic carbocycles. The highest BCUT2D eigenvalue weighted by atomic mass is 16.7. The Morgan fingerprint density at radius 1 is 0.964 bits per heavy atom. The van der Waals surface area contributed by atoms with Crippen LogP contribution in [-0.2, 0) is 19.1 Å². The van der Waals surface area contributed by atoms with E-state index in [-0.39, 0.29) is 0 Å². The summed E-state index contributed by atoms with van der Waals surface area (Å²) in [4.78, 5) is 29.0. The molecule has 0 spiro atoms. The van der Waals surface area contributed by atoms with Gasteiger partial charge in [0, 0.05) is 42.4 Å². The predicted octanol–water partition coefficient (Wildman–Crippen LogP) is 3.76. The van der Waals surface area contributed by atoms with Gasteiger partial charge in [-0.2, -0.15) is 0 Å². The molecule has 3 aromatic rings. The van der Waals surface area contributed by atoms with Crippen LogP contribution in [-0.4, -0.2) is 29.8 Å². The molecule has 0 bridgehead atoms. The SMILES string of the molecule is COc1ccccc1C(c1c[nH]c2ccccc12)C1C(=O)OC(C)(C)OC1=O. The third-order valence-corrected chi connectivity index (χ3v) is 4.96. The standard InChI is InChI=1S/C22H21NO5/c1-22(2)27-20(24)19(21(25)28-22)18(14-9-5-7-11-17(14)26-3)15-12-23-16-10-6-4-8-13(15)16/h4-12,18-19,23H,1-3H3. The van der Waals surface area contributed by atoms with Crippen molar-refractivity contribution in [3.8, 4) is 5.75 Å². The fourth-order valence-corrected chi connectivity index (χ4v) is 3.80. The van der Waals surface area contributed by atoms with Gasteiger partial charge in [0.15, 0.2) is 5.92 Å². The summed E-state index contributed by atoms with van der Waals surface area (Å²) in [5, 5.41) is 0.920. The van der Waals surface area contributed by atoms with E-state index in [0.29, 0.717) is 11.3 Å². The quantitative estimate of drug-likeness (QED) is 0.552. The van der Waals surface area contributed by atoms with Gasteiger partial charge in [-0.15, -0.1) is 0 Å². The van der Waals surface area contributed by atoms with Crippen LogP contribution < -0.4 is 4.74 Å². The molecule has 1 fully saturated rings. The van der Waals surface area contributed by atoms with Crippen molar-refractivity contribution in [3.05, 3.63) is 65.9 Å². The Kier molecular flexibility index (Phi) is 4.34. The summed E-state index contributed by atoms with van der Waals surface area (Å²) in [6.45, 7) is 3.09. The van der Waals surface area contributed by atoms with E-state index in [1.807, 2.05) is 48.7 Å². The van der Waals surface area contributed by atoms with E-state index >= 15 is 0 Å². The zero-order valence-corrected chi connectivity index (χ0v) is 15.9. The molecule has 1 unspecified atom stereocenters. The molecule has 6 nitrogen and oxygen atoms in total. The lowest BCUT2D eigenvalue weighted by molar-refractivity contribution is -0.240. The number of ether oxygens (including phenoxy) is 3. The lowest BCUT2D eigenvalue weighted by Gasteiger charge is -2.36. The number of para-hydroxylation sites is 2. The third kappa shape index (κ3) is 3.01. The molecule has 4 rings (SSSR count). The zero-order valence-electron chi connectivity index (χ0n) is 15.9. The lowest BCUT2D eigenvalue weighted by atomic mass is 9.79. The second kappa shape index (κ2) is 6.71. The maximum Gasteiger partial charge on any atom is 0.324 e. The van der Waals surface area contributed by atoms with Crippen LogP contribution in [0.4, 0.5) is 0 Å². The van der Waals surface area contributed by atoms with Crippen LogP contribution in [0.3, 0.4) is 0 Å². The molecule has 6 heteroatoms. The van der Waals surface area contributed by atoms with Gasteiger partial charge in [-0.05, 0) is 17.7 Å². The van der Waals surface area contributed by atoms with E-state index < -0.39 is 29.6 Å². The number of benzene rings is 2. The highest BCUT2D eigenvalue weighted by Gasteiger charge is 2.49. The number of H-pyrrole nitrogens is 1. The molecule has 0 aliphatic carbocycles. The van der Waals surface area contributed by atoms with Crippen LogP contribution in [0.15, 0.2) is 54.7 Å². The van der Waals surface area contributed by atoms with E-state index in [4.69, 9.17) is 14.2 Å². The summed E-state index contributed by atoms with van der Waals surface area (Å²) in [7, 11) is 1.56. The maximum atomic E-state index is 12.9. The first-order valence-corrected chi connectivity index (χ1v) is 9.06. The number of methoxy groups -OCH3 is 1. The fraction of sp³-hybridized carbons (Fsp3) is 0.273. The minimum Gasteiger partial charge on any atom is -0.496 e. The van der Waals surface area contributed by atoms with Crippen molar-refractivity contribution in [2.45, 2.75) is 25.6 Å². The number of aromatic nitrogens is 1. The zero-order chi connectivity index (χ0) is 19.9. The molecule has 144 valence electrons. The van der Waals surface area contributed by atoms with Gasteiger partial charge in [0.05, 0.1) is 7.11 Å². The highest BCUT2D eigenvalue weighted by molar-refractivity contribution is 5.99. The Labute approximate surface area is 162 Å². The molecular formula is C22H21NO5. The number of cyclic esters (lactones) is 2. The average molecular weight is 379 g/mol. The Balaban J connectivity index is 1.92. The second-order valence-electron chi connectivity index (χ2n) is 7.23. The van der Waals surface area contributed by atoms with E-state index in [1.165, 1.54) is 0 Å². The molecule has 1 aliphatic heterocycles. The van der Waals surface area contributed by atoms with Crippen LogP contribution in [0.25, 0.3) is 10.9 Å². The van der Waals surface area contributed by atoms with Gasteiger partial charge in [-0.25, -0.2) is 0 Å². The van der Waals surface area contributed by atoms with E-state index in [2.05, 4.69) is 4.98 Å². The summed E-state index contributed by atoms with van der Waals surface area (Å²) in [5.74, 6) is -3.67.